The Morgan fingerprint density at radius 3 is 2.80 bits per heavy atom. The Morgan fingerprint density at radius 2 is 2.20 bits per heavy atom. The third-order valence-corrected chi connectivity index (χ3v) is 4.12. The highest BCUT2D eigenvalue weighted by Crippen LogP contribution is 2.20. The molecule has 0 saturated heterocycles. The van der Waals surface area contributed by atoms with Crippen LogP contribution in [-0.2, 0) is 13.0 Å². The summed E-state index contributed by atoms with van der Waals surface area (Å²) < 4.78 is 0. The van der Waals surface area contributed by atoms with Crippen molar-refractivity contribution in [3.63, 3.8) is 0 Å². The summed E-state index contributed by atoms with van der Waals surface area (Å²) in [4.78, 5) is 4.52. The zero-order valence-corrected chi connectivity index (χ0v) is 10.5. The normalized spacial score (nSPS) is 10.5. The maximum atomic E-state index is 4.52. The Bertz CT molecular complexity index is 431. The van der Waals surface area contributed by atoms with Crippen molar-refractivity contribution in [3.8, 4) is 0 Å². The molecule has 0 unspecified atom stereocenters. The lowest BCUT2D eigenvalue weighted by Gasteiger charge is -2.02. The van der Waals surface area contributed by atoms with Crippen LogP contribution in [0, 0.1) is 6.92 Å². The highest BCUT2D eigenvalue weighted by atomic mass is 32.1. The zero-order chi connectivity index (χ0) is 10.7. The van der Waals surface area contributed by atoms with Gasteiger partial charge < -0.3 is 5.32 Å². The van der Waals surface area contributed by atoms with E-state index >= 15 is 0 Å². The standard InChI is InChI=1S/C11H14N2S2/c1-3-11-13-9(6-15-11)4-12-10-7-14-5-8(10)2/h5-7,12H,3-4H2,1-2H3. The van der Waals surface area contributed by atoms with Gasteiger partial charge in [-0.2, -0.15) is 0 Å². The second-order valence-electron chi connectivity index (χ2n) is 3.41. The largest absolute Gasteiger partial charge is 0.378 e. The van der Waals surface area contributed by atoms with Crippen molar-refractivity contribution in [1.29, 1.82) is 0 Å². The summed E-state index contributed by atoms with van der Waals surface area (Å²) in [6.45, 7) is 5.09. The predicted molar refractivity (Wildman–Crippen MR) is 67.9 cm³/mol. The Morgan fingerprint density at radius 1 is 1.33 bits per heavy atom. The zero-order valence-electron chi connectivity index (χ0n) is 8.91. The quantitative estimate of drug-likeness (QED) is 0.878. The first-order valence-corrected chi connectivity index (χ1v) is 6.81. The van der Waals surface area contributed by atoms with E-state index in [2.05, 4.69) is 40.3 Å². The highest BCUT2D eigenvalue weighted by molar-refractivity contribution is 7.09. The number of nitrogens with zero attached hydrogens (tertiary/aromatic N) is 1. The van der Waals surface area contributed by atoms with Crippen molar-refractivity contribution in [1.82, 2.24) is 4.98 Å². The fraction of sp³-hybridized carbons (Fsp3) is 0.364. The molecule has 0 aromatic carbocycles. The number of rotatable bonds is 4. The van der Waals surface area contributed by atoms with Crippen LogP contribution in [0.4, 0.5) is 5.69 Å². The van der Waals surface area contributed by atoms with Crippen LogP contribution >= 0.6 is 22.7 Å². The summed E-state index contributed by atoms with van der Waals surface area (Å²) in [6.07, 6.45) is 1.03. The molecule has 2 nitrogen and oxygen atoms in total. The number of aromatic nitrogens is 1. The van der Waals surface area contributed by atoms with Gasteiger partial charge in [0.2, 0.25) is 0 Å². The van der Waals surface area contributed by atoms with Crippen LogP contribution in [0.1, 0.15) is 23.2 Å². The molecule has 0 spiro atoms. The lowest BCUT2D eigenvalue weighted by Crippen LogP contribution is -1.99. The van der Waals surface area contributed by atoms with Crippen molar-refractivity contribution >= 4 is 28.4 Å². The minimum Gasteiger partial charge on any atom is -0.378 e. The Labute approximate surface area is 98.0 Å². The molecular formula is C11H14N2S2. The van der Waals surface area contributed by atoms with Crippen molar-refractivity contribution in [2.75, 3.05) is 5.32 Å². The van der Waals surface area contributed by atoms with E-state index in [1.807, 2.05) is 0 Å². The van der Waals surface area contributed by atoms with E-state index in [-0.39, 0.29) is 0 Å². The molecule has 0 aliphatic rings. The van der Waals surface area contributed by atoms with Gasteiger partial charge in [0.1, 0.15) is 0 Å². The first kappa shape index (κ1) is 10.6. The summed E-state index contributed by atoms with van der Waals surface area (Å²) >= 11 is 3.47. The van der Waals surface area contributed by atoms with Gasteiger partial charge in [-0.15, -0.1) is 22.7 Å². The minimum atomic E-state index is 0.827. The van der Waals surface area contributed by atoms with Crippen molar-refractivity contribution in [3.05, 3.63) is 32.4 Å². The van der Waals surface area contributed by atoms with Crippen LogP contribution in [0.3, 0.4) is 0 Å². The molecule has 0 aliphatic heterocycles. The van der Waals surface area contributed by atoms with Crippen LogP contribution < -0.4 is 5.32 Å². The van der Waals surface area contributed by atoms with E-state index in [1.165, 1.54) is 16.3 Å². The lowest BCUT2D eigenvalue weighted by atomic mass is 10.3. The summed E-state index contributed by atoms with van der Waals surface area (Å²) in [5.41, 5.74) is 3.68. The molecule has 2 heterocycles. The Kier molecular flexibility index (Phi) is 3.38. The molecule has 15 heavy (non-hydrogen) atoms. The third-order valence-electron chi connectivity index (χ3n) is 2.22. The van der Waals surface area contributed by atoms with Gasteiger partial charge in [-0.3, -0.25) is 0 Å². The van der Waals surface area contributed by atoms with E-state index in [4.69, 9.17) is 0 Å². The van der Waals surface area contributed by atoms with E-state index in [0.29, 0.717) is 0 Å². The van der Waals surface area contributed by atoms with Crippen LogP contribution in [0.5, 0.6) is 0 Å². The van der Waals surface area contributed by atoms with E-state index in [9.17, 15) is 0 Å². The number of nitrogens with one attached hydrogen (secondary N) is 1. The SMILES string of the molecule is CCc1nc(CNc2cscc2C)cs1. The van der Waals surface area contributed by atoms with Gasteiger partial charge in [-0.1, -0.05) is 6.92 Å². The lowest BCUT2D eigenvalue weighted by molar-refractivity contribution is 1.01. The van der Waals surface area contributed by atoms with E-state index in [0.717, 1.165) is 18.7 Å². The Balaban J connectivity index is 1.96. The average Bonchev–Trinajstić information content (AvgIpc) is 2.84. The molecule has 0 radical (unpaired) electrons. The predicted octanol–water partition coefficient (Wildman–Crippen LogP) is 3.69. The third kappa shape index (κ3) is 2.58. The maximum Gasteiger partial charge on any atom is 0.0926 e. The summed E-state index contributed by atoms with van der Waals surface area (Å²) in [6, 6.07) is 0. The van der Waals surface area contributed by atoms with Crippen molar-refractivity contribution in [2.24, 2.45) is 0 Å². The second-order valence-corrected chi connectivity index (χ2v) is 5.09. The minimum absolute atomic E-state index is 0.827. The molecule has 0 fully saturated rings. The molecular weight excluding hydrogens is 224 g/mol. The number of thiophene rings is 1. The molecule has 0 atom stereocenters. The average molecular weight is 238 g/mol. The van der Waals surface area contributed by atoms with Crippen LogP contribution in [0.2, 0.25) is 0 Å². The second kappa shape index (κ2) is 4.77. The number of aryl methyl sites for hydroxylation is 2. The van der Waals surface area contributed by atoms with Gasteiger partial charge in [0, 0.05) is 16.4 Å². The molecule has 80 valence electrons. The van der Waals surface area contributed by atoms with Crippen molar-refractivity contribution in [2.45, 2.75) is 26.8 Å². The monoisotopic (exact) mass is 238 g/mol. The molecule has 2 rings (SSSR count). The maximum absolute atomic E-state index is 4.52. The topological polar surface area (TPSA) is 24.9 Å². The van der Waals surface area contributed by atoms with Gasteiger partial charge >= 0.3 is 0 Å². The fourth-order valence-electron chi connectivity index (χ4n) is 1.32. The highest BCUT2D eigenvalue weighted by Gasteiger charge is 2.02. The summed E-state index contributed by atoms with van der Waals surface area (Å²) in [5.74, 6) is 0. The first-order chi connectivity index (χ1) is 7.29. The molecule has 0 amide bonds. The molecule has 0 saturated carbocycles. The summed E-state index contributed by atoms with van der Waals surface area (Å²) in [5, 5.41) is 11.0. The molecule has 2 aromatic rings. The molecule has 4 heteroatoms. The number of hydrogen-bond donors (Lipinski definition) is 1. The molecule has 2 aromatic heterocycles. The van der Waals surface area contributed by atoms with E-state index in [1.54, 1.807) is 22.7 Å². The van der Waals surface area contributed by atoms with Gasteiger partial charge in [0.05, 0.1) is 17.2 Å². The van der Waals surface area contributed by atoms with Gasteiger partial charge in [-0.25, -0.2) is 4.98 Å². The van der Waals surface area contributed by atoms with Gasteiger partial charge in [-0.05, 0) is 24.3 Å². The van der Waals surface area contributed by atoms with Crippen LogP contribution in [0.25, 0.3) is 0 Å². The number of hydrogen-bond acceptors (Lipinski definition) is 4. The van der Waals surface area contributed by atoms with E-state index < -0.39 is 0 Å². The molecule has 0 aliphatic carbocycles. The number of anilines is 1. The van der Waals surface area contributed by atoms with Gasteiger partial charge in [0.25, 0.3) is 0 Å². The fourth-order valence-corrected chi connectivity index (χ4v) is 2.87. The van der Waals surface area contributed by atoms with Crippen LogP contribution in [0.15, 0.2) is 16.1 Å². The van der Waals surface area contributed by atoms with Gasteiger partial charge in [0.15, 0.2) is 0 Å². The number of thiazole rings is 1. The Hall–Kier alpha value is -0.870. The first-order valence-electron chi connectivity index (χ1n) is 4.99. The summed E-state index contributed by atoms with van der Waals surface area (Å²) in [7, 11) is 0. The molecule has 1 N–H and O–H groups in total. The molecule has 0 bridgehead atoms. The van der Waals surface area contributed by atoms with Crippen molar-refractivity contribution < 1.29 is 0 Å². The smallest absolute Gasteiger partial charge is 0.0926 e. The van der Waals surface area contributed by atoms with Crippen LogP contribution in [-0.4, -0.2) is 4.98 Å².